The van der Waals surface area contributed by atoms with Gasteiger partial charge in [0.1, 0.15) is 10.6 Å². The molecule has 0 aliphatic heterocycles. The summed E-state index contributed by atoms with van der Waals surface area (Å²) in [6.07, 6.45) is 1.19. The van der Waals surface area contributed by atoms with Crippen molar-refractivity contribution in [3.8, 4) is 0 Å². The number of hydrogen-bond donors (Lipinski definition) is 2. The van der Waals surface area contributed by atoms with Crippen LogP contribution in [0.4, 0.5) is 5.69 Å². The number of para-hydroxylation sites is 1. The lowest BCUT2D eigenvalue weighted by Gasteiger charge is -2.23. The van der Waals surface area contributed by atoms with Gasteiger partial charge in [-0.05, 0) is 31.5 Å². The fourth-order valence-electron chi connectivity index (χ4n) is 2.09. The quantitative estimate of drug-likeness (QED) is 0.886. The Balaban J connectivity index is 2.49. The predicted octanol–water partition coefficient (Wildman–Crippen LogP) is 2.24. The predicted molar refractivity (Wildman–Crippen MR) is 79.1 cm³/mol. The third-order valence-electron chi connectivity index (χ3n) is 3.15. The second-order valence-electron chi connectivity index (χ2n) is 4.51. The molecule has 21 heavy (non-hydrogen) atoms. The lowest BCUT2D eigenvalue weighted by Crippen LogP contribution is -2.31. The maximum Gasteiger partial charge on any atom is 0.352 e. The Morgan fingerprint density at radius 3 is 2.52 bits per heavy atom. The molecule has 0 radical (unpaired) electrons. The zero-order valence-corrected chi connectivity index (χ0v) is 12.5. The van der Waals surface area contributed by atoms with Crippen molar-refractivity contribution in [1.29, 1.82) is 0 Å². The molecule has 0 saturated carbocycles. The Kier molecular flexibility index (Phi) is 4.04. The summed E-state index contributed by atoms with van der Waals surface area (Å²) in [5.74, 6) is -1.20. The Morgan fingerprint density at radius 2 is 2.00 bits per heavy atom. The van der Waals surface area contributed by atoms with Crippen molar-refractivity contribution < 1.29 is 18.3 Å². The third kappa shape index (κ3) is 2.78. The van der Waals surface area contributed by atoms with Gasteiger partial charge in [0.15, 0.2) is 0 Å². The molecular weight excluding hydrogens is 292 g/mol. The van der Waals surface area contributed by atoms with E-state index < -0.39 is 16.0 Å². The number of benzene rings is 1. The number of nitrogens with zero attached hydrogens (tertiary/aromatic N) is 1. The first-order valence-electron chi connectivity index (χ1n) is 6.38. The molecule has 0 unspecified atom stereocenters. The summed E-state index contributed by atoms with van der Waals surface area (Å²) in [6.45, 7) is 3.81. The number of H-pyrrole nitrogens is 1. The summed E-state index contributed by atoms with van der Waals surface area (Å²) in [5.41, 5.74) is 1.25. The molecule has 7 heteroatoms. The van der Waals surface area contributed by atoms with E-state index in [-0.39, 0.29) is 17.1 Å². The van der Waals surface area contributed by atoms with Gasteiger partial charge in [-0.1, -0.05) is 18.2 Å². The van der Waals surface area contributed by atoms with Gasteiger partial charge < -0.3 is 10.1 Å². The Morgan fingerprint density at radius 1 is 1.33 bits per heavy atom. The highest BCUT2D eigenvalue weighted by Gasteiger charge is 2.26. The molecule has 2 rings (SSSR count). The van der Waals surface area contributed by atoms with Crippen LogP contribution in [0.15, 0.2) is 41.4 Å². The second-order valence-corrected chi connectivity index (χ2v) is 6.37. The molecule has 0 spiro atoms. The van der Waals surface area contributed by atoms with Crippen molar-refractivity contribution in [3.63, 3.8) is 0 Å². The highest BCUT2D eigenvalue weighted by Crippen LogP contribution is 2.26. The van der Waals surface area contributed by atoms with E-state index in [0.29, 0.717) is 5.69 Å². The molecule has 112 valence electrons. The maximum absolute atomic E-state index is 12.7. The molecular formula is C14H16N2O4S. The smallest absolute Gasteiger partial charge is 0.352 e. The number of carboxylic acid groups (broad SMARTS) is 1. The van der Waals surface area contributed by atoms with Crippen LogP contribution in [0, 0.1) is 6.92 Å². The standard InChI is InChI=1S/C14H16N2O4S/c1-3-16(13-7-5-4-6-10(13)2)21(19,20)11-8-12(14(17)18)15-9-11/h4-9,15H,3H2,1-2H3,(H,17,18). The molecule has 0 atom stereocenters. The van der Waals surface area contributed by atoms with Gasteiger partial charge in [-0.15, -0.1) is 0 Å². The summed E-state index contributed by atoms with van der Waals surface area (Å²) in [7, 11) is -3.80. The number of carboxylic acids is 1. The number of hydrogen-bond acceptors (Lipinski definition) is 3. The molecule has 0 bridgehead atoms. The number of carbonyl (C=O) groups is 1. The number of sulfonamides is 1. The number of aromatic amines is 1. The minimum Gasteiger partial charge on any atom is -0.477 e. The van der Waals surface area contributed by atoms with Gasteiger partial charge in [0.05, 0.1) is 5.69 Å². The maximum atomic E-state index is 12.7. The number of aryl methyl sites for hydroxylation is 1. The van der Waals surface area contributed by atoms with Crippen LogP contribution in [0.1, 0.15) is 23.0 Å². The van der Waals surface area contributed by atoms with Crippen molar-refractivity contribution in [2.45, 2.75) is 18.7 Å². The van der Waals surface area contributed by atoms with Crippen molar-refractivity contribution in [2.24, 2.45) is 0 Å². The van der Waals surface area contributed by atoms with E-state index in [1.54, 1.807) is 19.1 Å². The van der Waals surface area contributed by atoms with E-state index in [4.69, 9.17) is 5.11 Å². The summed E-state index contributed by atoms with van der Waals surface area (Å²) in [5, 5.41) is 8.88. The Hall–Kier alpha value is -2.28. The van der Waals surface area contributed by atoms with Gasteiger partial charge in [-0.3, -0.25) is 4.31 Å². The molecule has 0 aliphatic rings. The van der Waals surface area contributed by atoms with Crippen molar-refractivity contribution in [1.82, 2.24) is 4.98 Å². The summed E-state index contributed by atoms with van der Waals surface area (Å²) < 4.78 is 26.6. The molecule has 1 aromatic carbocycles. The van der Waals surface area contributed by atoms with Crippen LogP contribution in [-0.4, -0.2) is 31.0 Å². The average Bonchev–Trinajstić information content (AvgIpc) is 2.92. The van der Waals surface area contributed by atoms with Crippen LogP contribution < -0.4 is 4.31 Å². The zero-order chi connectivity index (χ0) is 15.6. The molecule has 0 aliphatic carbocycles. The zero-order valence-electron chi connectivity index (χ0n) is 11.7. The normalized spacial score (nSPS) is 11.3. The minimum absolute atomic E-state index is 0.0648. The molecule has 0 amide bonds. The number of anilines is 1. The largest absolute Gasteiger partial charge is 0.477 e. The molecule has 2 N–H and O–H groups in total. The number of aromatic nitrogens is 1. The van der Waals surface area contributed by atoms with E-state index in [1.165, 1.54) is 10.5 Å². The topological polar surface area (TPSA) is 90.5 Å². The van der Waals surface area contributed by atoms with E-state index in [0.717, 1.165) is 11.6 Å². The van der Waals surface area contributed by atoms with Crippen LogP contribution in [0.3, 0.4) is 0 Å². The van der Waals surface area contributed by atoms with Crippen LogP contribution in [0.5, 0.6) is 0 Å². The summed E-state index contributed by atoms with van der Waals surface area (Å²) in [6, 6.07) is 8.27. The molecule has 1 aromatic heterocycles. The monoisotopic (exact) mass is 308 g/mol. The van der Waals surface area contributed by atoms with E-state index in [9.17, 15) is 13.2 Å². The van der Waals surface area contributed by atoms with Gasteiger partial charge in [-0.25, -0.2) is 13.2 Å². The van der Waals surface area contributed by atoms with E-state index in [1.807, 2.05) is 19.1 Å². The third-order valence-corrected chi connectivity index (χ3v) is 5.01. The van der Waals surface area contributed by atoms with Crippen molar-refractivity contribution >= 4 is 21.7 Å². The molecule has 6 nitrogen and oxygen atoms in total. The van der Waals surface area contributed by atoms with Crippen molar-refractivity contribution in [2.75, 3.05) is 10.8 Å². The number of nitrogens with one attached hydrogen (secondary N) is 1. The van der Waals surface area contributed by atoms with Crippen LogP contribution in [-0.2, 0) is 10.0 Å². The average molecular weight is 308 g/mol. The lowest BCUT2D eigenvalue weighted by molar-refractivity contribution is 0.0691. The van der Waals surface area contributed by atoms with Crippen molar-refractivity contribution in [3.05, 3.63) is 47.8 Å². The molecule has 1 heterocycles. The summed E-state index contributed by atoms with van der Waals surface area (Å²) in [4.78, 5) is 13.3. The first kappa shape index (κ1) is 15.1. The fraction of sp³-hybridized carbons (Fsp3) is 0.214. The van der Waals surface area contributed by atoms with Gasteiger partial charge >= 0.3 is 5.97 Å². The minimum atomic E-state index is -3.80. The molecule has 0 fully saturated rings. The highest BCUT2D eigenvalue weighted by atomic mass is 32.2. The molecule has 0 saturated heterocycles. The first-order chi connectivity index (χ1) is 9.87. The van der Waals surface area contributed by atoms with E-state index >= 15 is 0 Å². The summed E-state index contributed by atoms with van der Waals surface area (Å²) >= 11 is 0. The highest BCUT2D eigenvalue weighted by molar-refractivity contribution is 7.92. The van der Waals surface area contributed by atoms with Gasteiger partial charge in [0.2, 0.25) is 0 Å². The van der Waals surface area contributed by atoms with Gasteiger partial charge in [-0.2, -0.15) is 0 Å². The van der Waals surface area contributed by atoms with Gasteiger partial charge in [0, 0.05) is 12.7 Å². The number of aromatic carboxylic acids is 1. The lowest BCUT2D eigenvalue weighted by atomic mass is 10.2. The van der Waals surface area contributed by atoms with Crippen LogP contribution in [0.2, 0.25) is 0 Å². The number of rotatable bonds is 5. The molecule has 2 aromatic rings. The fourth-order valence-corrected chi connectivity index (χ4v) is 3.62. The first-order valence-corrected chi connectivity index (χ1v) is 7.82. The van der Waals surface area contributed by atoms with E-state index in [2.05, 4.69) is 4.98 Å². The Labute approximate surface area is 123 Å². The van der Waals surface area contributed by atoms with Gasteiger partial charge in [0.25, 0.3) is 10.0 Å². The second kappa shape index (κ2) is 5.61. The van der Waals surface area contributed by atoms with Crippen LogP contribution >= 0.6 is 0 Å². The van der Waals surface area contributed by atoms with Crippen LogP contribution in [0.25, 0.3) is 0 Å². The SMILES string of the molecule is CCN(c1ccccc1C)S(=O)(=O)c1c[nH]c(C(=O)O)c1. The Bertz CT molecular complexity index is 765.